The van der Waals surface area contributed by atoms with E-state index in [2.05, 4.69) is 4.18 Å². The molecule has 2 unspecified atom stereocenters. The first kappa shape index (κ1) is 20.5. The zero-order valence-corrected chi connectivity index (χ0v) is 12.6. The Kier molecular flexibility index (Phi) is 7.53. The Morgan fingerprint density at radius 1 is 1.24 bits per heavy atom. The number of ether oxygens (including phenoxy) is 2. The highest BCUT2D eigenvalue weighted by molar-refractivity contribution is 7.87. The summed E-state index contributed by atoms with van der Waals surface area (Å²) in [4.78, 5) is 0. The predicted molar refractivity (Wildman–Crippen MR) is 64.3 cm³/mol. The van der Waals surface area contributed by atoms with Crippen LogP contribution in [0.4, 0.5) is 13.2 Å². The summed E-state index contributed by atoms with van der Waals surface area (Å²) in [6.45, 7) is 1.95. The Balaban J connectivity index is 0.000000690. The number of halogens is 3. The first-order chi connectivity index (χ1) is 9.26. The third-order valence-corrected chi connectivity index (χ3v) is 3.04. The molecule has 0 amide bonds. The summed E-state index contributed by atoms with van der Waals surface area (Å²) in [5, 5.41) is 16.2. The topological polar surface area (TPSA) is 102 Å². The van der Waals surface area contributed by atoms with Gasteiger partial charge >= 0.3 is 15.6 Å². The zero-order valence-electron chi connectivity index (χ0n) is 11.8. The Bertz CT molecular complexity index is 396. The lowest BCUT2D eigenvalue weighted by Gasteiger charge is -2.13. The number of methoxy groups -OCH3 is 1. The maximum Gasteiger partial charge on any atom is 0.523 e. The van der Waals surface area contributed by atoms with Crippen molar-refractivity contribution in [2.45, 2.75) is 50.4 Å². The maximum atomic E-state index is 11.9. The lowest BCUT2D eigenvalue weighted by molar-refractivity contribution is -0.127. The summed E-state index contributed by atoms with van der Waals surface area (Å²) in [5.41, 5.74) is -5.40. The monoisotopic (exact) mass is 340 g/mol. The SMILES string of the molecule is CC(C)(O)O.COC1CCC(COS(=O)(=O)C(F)(F)F)O1. The van der Waals surface area contributed by atoms with Crippen molar-refractivity contribution in [2.75, 3.05) is 13.7 Å². The first-order valence-corrected chi connectivity index (χ1v) is 7.26. The van der Waals surface area contributed by atoms with Gasteiger partial charge in [-0.1, -0.05) is 0 Å². The third kappa shape index (κ3) is 9.22. The van der Waals surface area contributed by atoms with Crippen molar-refractivity contribution in [3.05, 3.63) is 0 Å². The highest BCUT2D eigenvalue weighted by Gasteiger charge is 2.47. The number of hydrogen-bond acceptors (Lipinski definition) is 7. The summed E-state index contributed by atoms with van der Waals surface area (Å²) >= 11 is 0. The summed E-state index contributed by atoms with van der Waals surface area (Å²) in [6.07, 6.45) is -0.313. The lowest BCUT2D eigenvalue weighted by atomic mass is 10.2. The molecule has 0 spiro atoms. The Morgan fingerprint density at radius 3 is 2.05 bits per heavy atom. The fourth-order valence-electron chi connectivity index (χ4n) is 1.20. The Morgan fingerprint density at radius 2 is 1.71 bits per heavy atom. The van der Waals surface area contributed by atoms with Crippen molar-refractivity contribution in [1.82, 2.24) is 0 Å². The minimum absolute atomic E-state index is 0.395. The van der Waals surface area contributed by atoms with Crippen LogP contribution in [0.25, 0.3) is 0 Å². The summed E-state index contributed by atoms with van der Waals surface area (Å²) in [6, 6.07) is 0. The molecule has 1 rings (SSSR count). The van der Waals surface area contributed by atoms with Gasteiger partial charge in [0, 0.05) is 13.5 Å². The van der Waals surface area contributed by atoms with Gasteiger partial charge in [0.05, 0.1) is 12.7 Å². The second-order valence-corrected chi connectivity index (χ2v) is 6.29. The van der Waals surface area contributed by atoms with Gasteiger partial charge in [0.1, 0.15) is 0 Å². The molecule has 2 atom stereocenters. The Labute approximate surface area is 120 Å². The molecule has 11 heteroatoms. The standard InChI is InChI=1S/C7H11F3O5S.C3H8O2/c1-13-6-3-2-5(15-6)4-14-16(11,12)7(8,9)10;1-3(2,4)5/h5-6H,2-4H2,1H3;4-5H,1-2H3. The molecule has 21 heavy (non-hydrogen) atoms. The lowest BCUT2D eigenvalue weighted by Crippen LogP contribution is -2.29. The van der Waals surface area contributed by atoms with E-state index in [0.717, 1.165) is 0 Å². The molecule has 1 heterocycles. The predicted octanol–water partition coefficient (Wildman–Crippen LogP) is 0.711. The summed E-state index contributed by atoms with van der Waals surface area (Å²) in [5.74, 6) is -1.50. The van der Waals surface area contributed by atoms with Gasteiger partial charge in [0.25, 0.3) is 0 Å². The molecule has 128 valence electrons. The first-order valence-electron chi connectivity index (χ1n) is 5.85. The smallest absolute Gasteiger partial charge is 0.366 e. The number of aliphatic hydroxyl groups is 2. The second-order valence-electron chi connectivity index (χ2n) is 4.68. The molecule has 7 nitrogen and oxygen atoms in total. The molecule has 1 fully saturated rings. The van der Waals surface area contributed by atoms with E-state index in [1.54, 1.807) is 0 Å². The van der Waals surface area contributed by atoms with Crippen LogP contribution in [0.15, 0.2) is 0 Å². The van der Waals surface area contributed by atoms with Crippen molar-refractivity contribution < 1.29 is 45.5 Å². The summed E-state index contributed by atoms with van der Waals surface area (Å²) in [7, 11) is -4.14. The number of hydrogen-bond donors (Lipinski definition) is 2. The molecule has 0 radical (unpaired) electrons. The van der Waals surface area contributed by atoms with E-state index in [1.165, 1.54) is 21.0 Å². The average molecular weight is 340 g/mol. The zero-order chi connectivity index (χ0) is 16.9. The fourth-order valence-corrected chi connectivity index (χ4v) is 1.67. The van der Waals surface area contributed by atoms with Gasteiger partial charge in [-0.2, -0.15) is 21.6 Å². The molecule has 0 aromatic heterocycles. The van der Waals surface area contributed by atoms with Crippen LogP contribution in [0.1, 0.15) is 26.7 Å². The van der Waals surface area contributed by atoms with Crippen LogP contribution in [0, 0.1) is 0 Å². The van der Waals surface area contributed by atoms with Crippen LogP contribution in [-0.2, 0) is 23.8 Å². The highest BCUT2D eigenvalue weighted by Crippen LogP contribution is 2.26. The van der Waals surface area contributed by atoms with Crippen molar-refractivity contribution in [1.29, 1.82) is 0 Å². The van der Waals surface area contributed by atoms with Gasteiger partial charge in [-0.05, 0) is 20.3 Å². The van der Waals surface area contributed by atoms with E-state index in [0.29, 0.717) is 12.8 Å². The van der Waals surface area contributed by atoms with Crippen LogP contribution >= 0.6 is 0 Å². The number of alkyl halides is 3. The molecule has 1 saturated heterocycles. The minimum atomic E-state index is -5.53. The van der Waals surface area contributed by atoms with Gasteiger partial charge < -0.3 is 19.7 Å². The average Bonchev–Trinajstić information content (AvgIpc) is 2.70. The van der Waals surface area contributed by atoms with E-state index in [4.69, 9.17) is 19.7 Å². The highest BCUT2D eigenvalue weighted by atomic mass is 32.2. The van der Waals surface area contributed by atoms with Crippen LogP contribution in [0.3, 0.4) is 0 Å². The van der Waals surface area contributed by atoms with E-state index >= 15 is 0 Å². The fraction of sp³-hybridized carbons (Fsp3) is 1.00. The van der Waals surface area contributed by atoms with Gasteiger partial charge in [-0.3, -0.25) is 4.18 Å². The van der Waals surface area contributed by atoms with Crippen molar-refractivity contribution in [2.24, 2.45) is 0 Å². The normalized spacial score (nSPS) is 23.6. The minimum Gasteiger partial charge on any atom is -0.366 e. The third-order valence-electron chi connectivity index (χ3n) is 2.02. The van der Waals surface area contributed by atoms with Gasteiger partial charge in [0.2, 0.25) is 0 Å². The molecule has 2 N–H and O–H groups in total. The Hall–Kier alpha value is -0.460. The van der Waals surface area contributed by atoms with Crippen molar-refractivity contribution in [3.8, 4) is 0 Å². The van der Waals surface area contributed by atoms with Gasteiger partial charge in [0.15, 0.2) is 12.1 Å². The van der Waals surface area contributed by atoms with E-state index < -0.39 is 40.4 Å². The van der Waals surface area contributed by atoms with Crippen LogP contribution in [0.5, 0.6) is 0 Å². The molecular weight excluding hydrogens is 321 g/mol. The van der Waals surface area contributed by atoms with Gasteiger partial charge in [-0.15, -0.1) is 0 Å². The molecule has 0 aliphatic carbocycles. The quantitative estimate of drug-likeness (QED) is 0.441. The van der Waals surface area contributed by atoms with Crippen LogP contribution in [0.2, 0.25) is 0 Å². The van der Waals surface area contributed by atoms with E-state index in [-0.39, 0.29) is 0 Å². The molecule has 0 aromatic carbocycles. The molecular formula is C10H19F3O7S. The molecule has 0 bridgehead atoms. The van der Waals surface area contributed by atoms with E-state index in [9.17, 15) is 21.6 Å². The van der Waals surface area contributed by atoms with Gasteiger partial charge in [-0.25, -0.2) is 0 Å². The van der Waals surface area contributed by atoms with Crippen LogP contribution < -0.4 is 0 Å². The second kappa shape index (κ2) is 7.70. The van der Waals surface area contributed by atoms with E-state index in [1.807, 2.05) is 0 Å². The summed E-state index contributed by atoms with van der Waals surface area (Å²) < 4.78 is 70.3. The molecule has 0 aromatic rings. The molecule has 0 saturated carbocycles. The largest absolute Gasteiger partial charge is 0.523 e. The molecule has 1 aliphatic heterocycles. The van der Waals surface area contributed by atoms with Crippen molar-refractivity contribution >= 4 is 10.1 Å². The maximum absolute atomic E-state index is 11.9. The van der Waals surface area contributed by atoms with Crippen molar-refractivity contribution in [3.63, 3.8) is 0 Å². The number of rotatable bonds is 4. The molecule has 1 aliphatic rings. The van der Waals surface area contributed by atoms with Crippen LogP contribution in [-0.4, -0.2) is 56.0 Å².